The van der Waals surface area contributed by atoms with Gasteiger partial charge in [0, 0.05) is 25.5 Å². The van der Waals surface area contributed by atoms with Crippen LogP contribution in [0.3, 0.4) is 0 Å². The Bertz CT molecular complexity index is 521. The molecule has 1 heterocycles. The summed E-state index contributed by atoms with van der Waals surface area (Å²) in [5.74, 6) is 0.529. The third-order valence-electron chi connectivity index (χ3n) is 3.64. The van der Waals surface area contributed by atoms with Crippen LogP contribution in [0.25, 0.3) is 0 Å². The van der Waals surface area contributed by atoms with E-state index in [4.69, 9.17) is 4.74 Å². The SMILES string of the molecule is CC(Nc1ccccc1S(C)(=O)=O)C1CCOCC1. The predicted molar refractivity (Wildman–Crippen MR) is 76.2 cm³/mol. The topological polar surface area (TPSA) is 55.4 Å². The molecule has 0 bridgehead atoms. The van der Waals surface area contributed by atoms with Crippen LogP contribution in [-0.2, 0) is 14.6 Å². The summed E-state index contributed by atoms with van der Waals surface area (Å²) in [6.45, 7) is 3.70. The van der Waals surface area contributed by atoms with Gasteiger partial charge in [0.15, 0.2) is 9.84 Å². The van der Waals surface area contributed by atoms with Crippen LogP contribution >= 0.6 is 0 Å². The van der Waals surface area contributed by atoms with Crippen LogP contribution in [-0.4, -0.2) is 33.9 Å². The number of ether oxygens (including phenoxy) is 1. The molecule has 106 valence electrons. The van der Waals surface area contributed by atoms with Crippen LogP contribution in [0.4, 0.5) is 5.69 Å². The number of sulfone groups is 1. The van der Waals surface area contributed by atoms with Crippen molar-refractivity contribution in [2.24, 2.45) is 5.92 Å². The lowest BCUT2D eigenvalue weighted by atomic mass is 9.93. The predicted octanol–water partition coefficient (Wildman–Crippen LogP) is 2.32. The Kier molecular flexibility index (Phi) is 4.47. The van der Waals surface area contributed by atoms with Gasteiger partial charge in [-0.1, -0.05) is 12.1 Å². The van der Waals surface area contributed by atoms with Gasteiger partial charge in [0.1, 0.15) is 0 Å². The first-order valence-corrected chi connectivity index (χ1v) is 8.51. The molecule has 1 aliphatic rings. The highest BCUT2D eigenvalue weighted by Gasteiger charge is 2.22. The molecule has 4 nitrogen and oxygen atoms in total. The molecular weight excluding hydrogens is 262 g/mol. The van der Waals surface area contributed by atoms with Crippen molar-refractivity contribution >= 4 is 15.5 Å². The Hall–Kier alpha value is -1.07. The van der Waals surface area contributed by atoms with Crippen LogP contribution in [0.2, 0.25) is 0 Å². The number of anilines is 1. The van der Waals surface area contributed by atoms with Crippen LogP contribution in [0, 0.1) is 5.92 Å². The maximum atomic E-state index is 11.8. The average Bonchev–Trinajstić information content (AvgIpc) is 2.39. The van der Waals surface area contributed by atoms with Gasteiger partial charge in [-0.15, -0.1) is 0 Å². The van der Waals surface area contributed by atoms with Crippen molar-refractivity contribution in [2.75, 3.05) is 24.8 Å². The molecule has 0 amide bonds. The van der Waals surface area contributed by atoms with Crippen molar-refractivity contribution in [1.29, 1.82) is 0 Å². The van der Waals surface area contributed by atoms with Crippen molar-refractivity contribution in [3.63, 3.8) is 0 Å². The highest BCUT2D eigenvalue weighted by Crippen LogP contribution is 2.25. The number of rotatable bonds is 4. The number of hydrogen-bond donors (Lipinski definition) is 1. The van der Waals surface area contributed by atoms with E-state index in [2.05, 4.69) is 12.2 Å². The van der Waals surface area contributed by atoms with E-state index in [0.29, 0.717) is 16.5 Å². The standard InChI is InChI=1S/C14H21NO3S/c1-11(12-7-9-18-10-8-12)15-13-5-3-4-6-14(13)19(2,16)17/h3-6,11-12,15H,7-10H2,1-2H3. The van der Waals surface area contributed by atoms with Gasteiger partial charge in [0.05, 0.1) is 10.6 Å². The minimum atomic E-state index is -3.20. The van der Waals surface area contributed by atoms with E-state index in [1.165, 1.54) is 6.26 Å². The molecule has 0 radical (unpaired) electrons. The van der Waals surface area contributed by atoms with Crippen LogP contribution in [0.1, 0.15) is 19.8 Å². The molecule has 1 N–H and O–H groups in total. The summed E-state index contributed by atoms with van der Waals surface area (Å²) < 4.78 is 28.9. The molecule has 0 saturated carbocycles. The molecule has 1 aromatic carbocycles. The number of nitrogens with one attached hydrogen (secondary N) is 1. The molecule has 1 aliphatic heterocycles. The fourth-order valence-corrected chi connectivity index (χ4v) is 3.34. The minimum Gasteiger partial charge on any atom is -0.381 e. The highest BCUT2D eigenvalue weighted by atomic mass is 32.2. The van der Waals surface area contributed by atoms with Gasteiger partial charge in [-0.3, -0.25) is 0 Å². The molecule has 1 fully saturated rings. The summed E-state index contributed by atoms with van der Waals surface area (Å²) in [5.41, 5.74) is 0.698. The number of benzene rings is 1. The van der Waals surface area contributed by atoms with Gasteiger partial charge in [0.2, 0.25) is 0 Å². The van der Waals surface area contributed by atoms with E-state index in [9.17, 15) is 8.42 Å². The summed E-state index contributed by atoms with van der Waals surface area (Å²) in [6, 6.07) is 7.32. The molecular formula is C14H21NO3S. The van der Waals surface area contributed by atoms with Crippen molar-refractivity contribution in [2.45, 2.75) is 30.7 Å². The van der Waals surface area contributed by atoms with E-state index in [0.717, 1.165) is 26.1 Å². The van der Waals surface area contributed by atoms with E-state index in [-0.39, 0.29) is 6.04 Å². The van der Waals surface area contributed by atoms with Crippen molar-refractivity contribution < 1.29 is 13.2 Å². The maximum Gasteiger partial charge on any atom is 0.177 e. The summed E-state index contributed by atoms with van der Waals surface area (Å²) in [5, 5.41) is 3.35. The van der Waals surface area contributed by atoms with Gasteiger partial charge in [-0.05, 0) is 37.8 Å². The minimum absolute atomic E-state index is 0.242. The first-order chi connectivity index (χ1) is 8.98. The van der Waals surface area contributed by atoms with Gasteiger partial charge in [-0.25, -0.2) is 8.42 Å². The zero-order chi connectivity index (χ0) is 13.9. The maximum absolute atomic E-state index is 11.8. The molecule has 1 saturated heterocycles. The molecule has 1 unspecified atom stereocenters. The fourth-order valence-electron chi connectivity index (χ4n) is 2.49. The lowest BCUT2D eigenvalue weighted by molar-refractivity contribution is 0.0622. The van der Waals surface area contributed by atoms with Gasteiger partial charge in [0.25, 0.3) is 0 Å². The molecule has 1 aromatic rings. The first-order valence-electron chi connectivity index (χ1n) is 6.62. The van der Waals surface area contributed by atoms with Crippen molar-refractivity contribution in [1.82, 2.24) is 0 Å². The molecule has 5 heteroatoms. The van der Waals surface area contributed by atoms with Gasteiger partial charge >= 0.3 is 0 Å². The quantitative estimate of drug-likeness (QED) is 0.921. The molecule has 2 rings (SSSR count). The van der Waals surface area contributed by atoms with Crippen molar-refractivity contribution in [3.8, 4) is 0 Å². The first kappa shape index (κ1) is 14.3. The second kappa shape index (κ2) is 5.92. The third-order valence-corrected chi connectivity index (χ3v) is 4.80. The van der Waals surface area contributed by atoms with Crippen molar-refractivity contribution in [3.05, 3.63) is 24.3 Å². The Morgan fingerprint density at radius 1 is 1.26 bits per heavy atom. The zero-order valence-electron chi connectivity index (χ0n) is 11.4. The summed E-state index contributed by atoms with van der Waals surface area (Å²) in [4.78, 5) is 0.369. The lowest BCUT2D eigenvalue weighted by Gasteiger charge is -2.29. The average molecular weight is 283 g/mol. The second-order valence-corrected chi connectivity index (χ2v) is 7.14. The largest absolute Gasteiger partial charge is 0.381 e. The van der Waals surface area contributed by atoms with E-state index < -0.39 is 9.84 Å². The highest BCUT2D eigenvalue weighted by molar-refractivity contribution is 7.90. The molecule has 19 heavy (non-hydrogen) atoms. The van der Waals surface area contributed by atoms with Gasteiger partial charge in [-0.2, -0.15) is 0 Å². The second-order valence-electron chi connectivity index (χ2n) is 5.15. The van der Waals surface area contributed by atoms with E-state index >= 15 is 0 Å². The fraction of sp³-hybridized carbons (Fsp3) is 0.571. The third kappa shape index (κ3) is 3.70. The van der Waals surface area contributed by atoms with Crippen LogP contribution in [0.5, 0.6) is 0 Å². The molecule has 0 aromatic heterocycles. The Morgan fingerprint density at radius 3 is 2.53 bits per heavy atom. The molecule has 0 spiro atoms. The summed E-state index contributed by atoms with van der Waals surface area (Å²) in [6.07, 6.45) is 3.29. The lowest BCUT2D eigenvalue weighted by Crippen LogP contribution is -2.31. The van der Waals surface area contributed by atoms with Gasteiger partial charge < -0.3 is 10.1 Å². The normalized spacial score (nSPS) is 19.1. The van der Waals surface area contributed by atoms with E-state index in [1.54, 1.807) is 12.1 Å². The number of hydrogen-bond acceptors (Lipinski definition) is 4. The van der Waals surface area contributed by atoms with Crippen LogP contribution in [0.15, 0.2) is 29.2 Å². The molecule has 0 aliphatic carbocycles. The molecule has 1 atom stereocenters. The monoisotopic (exact) mass is 283 g/mol. The zero-order valence-corrected chi connectivity index (χ0v) is 12.2. The Balaban J connectivity index is 2.14. The Labute approximate surface area is 115 Å². The number of para-hydroxylation sites is 1. The summed E-state index contributed by atoms with van der Waals surface area (Å²) in [7, 11) is -3.20. The smallest absolute Gasteiger partial charge is 0.177 e. The van der Waals surface area contributed by atoms with E-state index in [1.807, 2.05) is 12.1 Å². The Morgan fingerprint density at radius 2 is 1.89 bits per heavy atom. The van der Waals surface area contributed by atoms with Crippen LogP contribution < -0.4 is 5.32 Å². The summed E-state index contributed by atoms with van der Waals surface area (Å²) >= 11 is 0.